The van der Waals surface area contributed by atoms with Crippen molar-refractivity contribution in [3.8, 4) is 0 Å². The van der Waals surface area contributed by atoms with Gasteiger partial charge in [-0.15, -0.1) is 0 Å². The minimum absolute atomic E-state index is 0.0887. The molecule has 0 atom stereocenters. The summed E-state index contributed by atoms with van der Waals surface area (Å²) in [6.07, 6.45) is 0.665. The number of rotatable bonds is 7. The Morgan fingerprint density at radius 2 is 1.83 bits per heavy atom. The molecule has 29 heavy (non-hydrogen) atoms. The second kappa shape index (κ2) is 8.97. The summed E-state index contributed by atoms with van der Waals surface area (Å²) < 4.78 is 10.4. The van der Waals surface area contributed by atoms with Crippen molar-refractivity contribution >= 4 is 11.7 Å². The van der Waals surface area contributed by atoms with E-state index >= 15 is 0 Å². The largest absolute Gasteiger partial charge is 0.360 e. The SMILES string of the molecule is Cc1cc(NC(=O)CN2CCN(Cc3nc(Cc4ccccc4)no3)CC2)no1. The maximum atomic E-state index is 12.1. The van der Waals surface area contributed by atoms with Gasteiger partial charge >= 0.3 is 0 Å². The van der Waals surface area contributed by atoms with Gasteiger partial charge in [0.15, 0.2) is 11.6 Å². The van der Waals surface area contributed by atoms with Gasteiger partial charge in [0.1, 0.15) is 5.76 Å². The van der Waals surface area contributed by atoms with Crippen LogP contribution in [0.5, 0.6) is 0 Å². The number of aromatic nitrogens is 3. The number of anilines is 1. The Bertz CT molecular complexity index is 931. The van der Waals surface area contributed by atoms with Crippen molar-refractivity contribution in [3.05, 3.63) is 59.4 Å². The lowest BCUT2D eigenvalue weighted by molar-refractivity contribution is -0.117. The van der Waals surface area contributed by atoms with E-state index in [0.717, 1.165) is 31.7 Å². The van der Waals surface area contributed by atoms with Gasteiger partial charge in [-0.3, -0.25) is 14.6 Å². The number of nitrogens with one attached hydrogen (secondary N) is 1. The van der Waals surface area contributed by atoms with Gasteiger partial charge in [0.2, 0.25) is 11.8 Å². The Balaban J connectivity index is 1.20. The Morgan fingerprint density at radius 3 is 2.55 bits per heavy atom. The van der Waals surface area contributed by atoms with Gasteiger partial charge in [-0.1, -0.05) is 40.6 Å². The fraction of sp³-hybridized carbons (Fsp3) is 0.400. The number of nitrogens with zero attached hydrogens (tertiary/aromatic N) is 5. The molecule has 3 aromatic rings. The average Bonchev–Trinajstić information content (AvgIpc) is 3.32. The molecule has 3 heterocycles. The number of hydrogen-bond donors (Lipinski definition) is 1. The topological polar surface area (TPSA) is 101 Å². The molecule has 1 saturated heterocycles. The minimum atomic E-state index is -0.0887. The molecule has 0 unspecified atom stereocenters. The molecule has 152 valence electrons. The zero-order valence-electron chi connectivity index (χ0n) is 16.4. The quantitative estimate of drug-likeness (QED) is 0.644. The standard InChI is InChI=1S/C20H24N6O3/c1-15-11-17(23-28-15)21-19(27)13-25-7-9-26(10-8-25)14-20-22-18(24-29-20)12-16-5-3-2-4-6-16/h2-6,11H,7-10,12-14H2,1H3,(H,21,23,27). The van der Waals surface area contributed by atoms with Crippen LogP contribution in [0.15, 0.2) is 45.4 Å². The highest BCUT2D eigenvalue weighted by molar-refractivity contribution is 5.91. The number of piperazine rings is 1. The number of carbonyl (C=O) groups excluding carboxylic acids is 1. The Labute approximate surface area is 168 Å². The Kier molecular flexibility index (Phi) is 5.97. The molecule has 0 aliphatic carbocycles. The molecular formula is C20H24N6O3. The molecule has 0 bridgehead atoms. The van der Waals surface area contributed by atoms with E-state index in [-0.39, 0.29) is 5.91 Å². The highest BCUT2D eigenvalue weighted by atomic mass is 16.5. The van der Waals surface area contributed by atoms with Crippen molar-refractivity contribution in [2.75, 3.05) is 38.0 Å². The molecule has 1 amide bonds. The molecule has 1 N–H and O–H groups in total. The van der Waals surface area contributed by atoms with Crippen LogP contribution in [0, 0.1) is 6.92 Å². The van der Waals surface area contributed by atoms with E-state index in [0.29, 0.717) is 42.8 Å². The van der Waals surface area contributed by atoms with Crippen molar-refractivity contribution in [1.29, 1.82) is 0 Å². The van der Waals surface area contributed by atoms with Gasteiger partial charge in [-0.2, -0.15) is 4.98 Å². The minimum Gasteiger partial charge on any atom is -0.360 e. The number of hydrogen-bond acceptors (Lipinski definition) is 8. The molecular weight excluding hydrogens is 372 g/mol. The normalized spacial score (nSPS) is 15.5. The first-order valence-corrected chi connectivity index (χ1v) is 9.67. The third-order valence-corrected chi connectivity index (χ3v) is 4.80. The van der Waals surface area contributed by atoms with Crippen LogP contribution in [0.3, 0.4) is 0 Å². The maximum absolute atomic E-state index is 12.1. The Morgan fingerprint density at radius 1 is 1.07 bits per heavy atom. The van der Waals surface area contributed by atoms with Gasteiger partial charge in [0.25, 0.3) is 0 Å². The van der Waals surface area contributed by atoms with Crippen LogP contribution >= 0.6 is 0 Å². The first kappa shape index (κ1) is 19.3. The molecule has 1 aliphatic rings. The fourth-order valence-corrected chi connectivity index (χ4v) is 3.31. The molecule has 0 spiro atoms. The summed E-state index contributed by atoms with van der Waals surface area (Å²) in [4.78, 5) is 21.0. The molecule has 1 fully saturated rings. The van der Waals surface area contributed by atoms with Crippen LogP contribution < -0.4 is 5.32 Å². The predicted molar refractivity (Wildman–Crippen MR) is 105 cm³/mol. The van der Waals surface area contributed by atoms with E-state index in [1.165, 1.54) is 0 Å². The maximum Gasteiger partial charge on any atom is 0.240 e. The summed E-state index contributed by atoms with van der Waals surface area (Å²) in [5.41, 5.74) is 1.16. The van der Waals surface area contributed by atoms with Gasteiger partial charge in [0.05, 0.1) is 13.1 Å². The predicted octanol–water partition coefficient (Wildman–Crippen LogP) is 1.71. The monoisotopic (exact) mass is 396 g/mol. The van der Waals surface area contributed by atoms with Gasteiger partial charge in [-0.25, -0.2) is 0 Å². The second-order valence-corrected chi connectivity index (χ2v) is 7.19. The number of aryl methyl sites for hydroxylation is 1. The smallest absolute Gasteiger partial charge is 0.240 e. The fourth-order valence-electron chi connectivity index (χ4n) is 3.31. The van der Waals surface area contributed by atoms with Crippen LogP contribution in [0.1, 0.15) is 23.0 Å². The van der Waals surface area contributed by atoms with Crippen LogP contribution in [-0.2, 0) is 17.8 Å². The number of benzene rings is 1. The lowest BCUT2D eigenvalue weighted by atomic mass is 10.1. The van der Waals surface area contributed by atoms with Crippen molar-refractivity contribution in [2.45, 2.75) is 19.9 Å². The van der Waals surface area contributed by atoms with Crippen LogP contribution in [0.25, 0.3) is 0 Å². The first-order valence-electron chi connectivity index (χ1n) is 9.67. The van der Waals surface area contributed by atoms with Gasteiger partial charge in [0, 0.05) is 38.7 Å². The molecule has 2 aromatic heterocycles. The van der Waals surface area contributed by atoms with Crippen LogP contribution in [0.2, 0.25) is 0 Å². The molecule has 4 rings (SSSR count). The highest BCUT2D eigenvalue weighted by Gasteiger charge is 2.21. The van der Waals surface area contributed by atoms with E-state index in [9.17, 15) is 4.79 Å². The van der Waals surface area contributed by atoms with Crippen molar-refractivity contribution < 1.29 is 13.8 Å². The number of carbonyl (C=O) groups is 1. The molecule has 0 radical (unpaired) electrons. The van der Waals surface area contributed by atoms with E-state index in [2.05, 4.69) is 42.5 Å². The lowest BCUT2D eigenvalue weighted by Crippen LogP contribution is -2.48. The van der Waals surface area contributed by atoms with Crippen molar-refractivity contribution in [1.82, 2.24) is 25.1 Å². The van der Waals surface area contributed by atoms with E-state index in [1.807, 2.05) is 18.2 Å². The van der Waals surface area contributed by atoms with E-state index in [4.69, 9.17) is 9.05 Å². The highest BCUT2D eigenvalue weighted by Crippen LogP contribution is 2.11. The Hall–Kier alpha value is -3.04. The van der Waals surface area contributed by atoms with Crippen LogP contribution in [-0.4, -0.2) is 63.7 Å². The van der Waals surface area contributed by atoms with Crippen molar-refractivity contribution in [3.63, 3.8) is 0 Å². The summed E-state index contributed by atoms with van der Waals surface area (Å²) in [6, 6.07) is 11.8. The van der Waals surface area contributed by atoms with Crippen LogP contribution in [0.4, 0.5) is 5.82 Å². The van der Waals surface area contributed by atoms with Gasteiger partial charge < -0.3 is 14.4 Å². The second-order valence-electron chi connectivity index (χ2n) is 7.19. The molecule has 9 nitrogen and oxygen atoms in total. The number of amides is 1. The third-order valence-electron chi connectivity index (χ3n) is 4.80. The summed E-state index contributed by atoms with van der Waals surface area (Å²) >= 11 is 0. The average molecular weight is 396 g/mol. The first-order chi connectivity index (χ1) is 14.1. The summed E-state index contributed by atoms with van der Waals surface area (Å²) in [5.74, 6) is 2.36. The van der Waals surface area contributed by atoms with Gasteiger partial charge in [-0.05, 0) is 12.5 Å². The summed E-state index contributed by atoms with van der Waals surface area (Å²) in [5, 5.41) is 10.6. The summed E-state index contributed by atoms with van der Waals surface area (Å²) in [6.45, 7) is 6.03. The van der Waals surface area contributed by atoms with Crippen molar-refractivity contribution in [2.24, 2.45) is 0 Å². The summed E-state index contributed by atoms with van der Waals surface area (Å²) in [7, 11) is 0. The molecule has 1 aliphatic heterocycles. The third kappa shape index (κ3) is 5.49. The molecule has 0 saturated carbocycles. The zero-order valence-corrected chi connectivity index (χ0v) is 16.4. The molecule has 1 aromatic carbocycles. The zero-order chi connectivity index (χ0) is 20.1. The lowest BCUT2D eigenvalue weighted by Gasteiger charge is -2.33. The molecule has 9 heteroatoms. The van der Waals surface area contributed by atoms with E-state index < -0.39 is 0 Å². The van der Waals surface area contributed by atoms with E-state index in [1.54, 1.807) is 13.0 Å².